The van der Waals surface area contributed by atoms with E-state index in [2.05, 4.69) is 5.32 Å². The van der Waals surface area contributed by atoms with Crippen LogP contribution in [0.4, 0.5) is 41.1 Å². The molecule has 3 amide bonds. The van der Waals surface area contributed by atoms with Crippen LogP contribution >= 0.6 is 11.6 Å². The van der Waals surface area contributed by atoms with Crippen LogP contribution in [0.2, 0.25) is 0 Å². The summed E-state index contributed by atoms with van der Waals surface area (Å²) in [4.78, 5) is 55.2. The Morgan fingerprint density at radius 3 is 1.51 bits per heavy atom. The third-order valence-electron chi connectivity index (χ3n) is 11.2. The van der Waals surface area contributed by atoms with E-state index >= 15 is 0 Å². The minimum Gasteiger partial charge on any atom is -0.444 e. The molecule has 0 spiro atoms. The number of rotatable bonds is 14. The van der Waals surface area contributed by atoms with E-state index in [4.69, 9.17) is 30.5 Å². The molecule has 4 aromatic carbocycles. The fraction of sp³-hybridized carbons (Fsp3) is 0.417. The maximum absolute atomic E-state index is 14.9. The van der Waals surface area contributed by atoms with Gasteiger partial charge in [-0.1, -0.05) is 74.5 Å². The standard InChI is InChI=1S/C24H28FN3O4.C15H20FN3O2.C9H9ClO2/c1-2-20-15-28(24(30)32-20)19-8-9-22(21(25)14-19)26-10-12-27(13-11-26)23(29)17-31-16-18-6-4-3-5-7-18;1-2-12-10-19(15(20)21-12)11-3-4-14(13(16)9-11)18-7-5-17-6-8-18;10-9(11)7-12-6-8-4-2-1-3-5-8/h3-9,14,20H,2,10-13,15-17H2,1H3;3-4,9,12,17H,2,5-8,10H2,1H3;1-5H,6-7H2/t20-;12-;/m00./s1. The number of anilines is 4. The van der Waals surface area contributed by atoms with Gasteiger partial charge in [-0.15, -0.1) is 0 Å². The number of piperazine rings is 2. The summed E-state index contributed by atoms with van der Waals surface area (Å²) in [5, 5.41) is 2.78. The van der Waals surface area contributed by atoms with Crippen molar-refractivity contribution in [3.05, 3.63) is 120 Å². The number of hydrogen-bond acceptors (Lipinski definition) is 11. The number of halogens is 3. The zero-order chi connectivity index (χ0) is 46.1. The lowest BCUT2D eigenvalue weighted by atomic mass is 10.2. The van der Waals surface area contributed by atoms with Crippen LogP contribution in [0.15, 0.2) is 97.1 Å². The minimum absolute atomic E-state index is 0.0304. The van der Waals surface area contributed by atoms with Gasteiger partial charge in [0.05, 0.1) is 49.1 Å². The number of hydrogen-bond donors (Lipinski definition) is 1. The summed E-state index contributed by atoms with van der Waals surface area (Å²) in [6.45, 7) is 11.0. The van der Waals surface area contributed by atoms with Crippen LogP contribution in [-0.2, 0) is 41.8 Å². The first kappa shape index (κ1) is 48.6. The molecule has 4 heterocycles. The summed E-state index contributed by atoms with van der Waals surface area (Å²) in [5.74, 6) is -0.738. The van der Waals surface area contributed by atoms with E-state index in [0.29, 0.717) is 75.2 Å². The summed E-state index contributed by atoms with van der Waals surface area (Å²) >= 11 is 5.08. The Morgan fingerprint density at radius 1 is 0.646 bits per heavy atom. The summed E-state index contributed by atoms with van der Waals surface area (Å²) < 4.78 is 50.2. The van der Waals surface area contributed by atoms with Crippen LogP contribution < -0.4 is 24.9 Å². The summed E-state index contributed by atoms with van der Waals surface area (Å²) in [6.07, 6.45) is 0.398. The van der Waals surface area contributed by atoms with E-state index in [1.807, 2.05) is 84.3 Å². The molecule has 4 aliphatic heterocycles. The average molecular weight is 919 g/mol. The Labute approximate surface area is 383 Å². The number of benzene rings is 4. The van der Waals surface area contributed by atoms with Crippen molar-refractivity contribution in [2.75, 3.05) is 98.3 Å². The van der Waals surface area contributed by atoms with Crippen molar-refractivity contribution in [3.8, 4) is 0 Å². The van der Waals surface area contributed by atoms with Gasteiger partial charge in [0.2, 0.25) is 11.1 Å². The van der Waals surface area contributed by atoms with Crippen LogP contribution in [0.1, 0.15) is 37.8 Å². The van der Waals surface area contributed by atoms with Gasteiger partial charge in [0.25, 0.3) is 0 Å². The maximum atomic E-state index is 14.9. The Kier molecular flexibility index (Phi) is 18.3. The molecule has 1 N–H and O–H groups in total. The van der Waals surface area contributed by atoms with E-state index in [9.17, 15) is 28.0 Å². The molecular formula is C48H57ClF2N6O8. The lowest BCUT2D eigenvalue weighted by molar-refractivity contribution is -0.136. The van der Waals surface area contributed by atoms with Crippen molar-refractivity contribution in [3.63, 3.8) is 0 Å². The predicted molar refractivity (Wildman–Crippen MR) is 246 cm³/mol. The highest BCUT2D eigenvalue weighted by atomic mass is 35.5. The molecule has 8 rings (SSSR count). The van der Waals surface area contributed by atoms with Gasteiger partial charge >= 0.3 is 12.2 Å². The molecular weight excluding hydrogens is 862 g/mol. The number of carbonyl (C=O) groups is 4. The molecule has 4 fully saturated rings. The van der Waals surface area contributed by atoms with Crippen molar-refractivity contribution in [1.29, 1.82) is 0 Å². The van der Waals surface area contributed by atoms with E-state index in [1.54, 1.807) is 29.2 Å². The van der Waals surface area contributed by atoms with E-state index in [1.165, 1.54) is 21.9 Å². The van der Waals surface area contributed by atoms with Crippen LogP contribution in [0.3, 0.4) is 0 Å². The highest BCUT2D eigenvalue weighted by molar-refractivity contribution is 6.63. The smallest absolute Gasteiger partial charge is 0.414 e. The van der Waals surface area contributed by atoms with Gasteiger partial charge in [-0.25, -0.2) is 18.4 Å². The topological polar surface area (TPSA) is 133 Å². The molecule has 0 saturated carbocycles. The lowest BCUT2D eigenvalue weighted by Gasteiger charge is -2.36. The first-order valence-electron chi connectivity index (χ1n) is 22.0. The maximum Gasteiger partial charge on any atom is 0.414 e. The third-order valence-corrected chi connectivity index (χ3v) is 11.3. The van der Waals surface area contributed by atoms with Crippen molar-refractivity contribution in [2.45, 2.75) is 52.1 Å². The molecule has 0 aromatic heterocycles. The minimum atomic E-state index is -0.467. The number of amides is 3. The number of nitrogens with zero attached hydrogens (tertiary/aromatic N) is 5. The normalized spacial score (nSPS) is 18.3. The van der Waals surface area contributed by atoms with Crippen molar-refractivity contribution >= 4 is 57.7 Å². The molecule has 4 saturated heterocycles. The summed E-state index contributed by atoms with van der Waals surface area (Å²) in [7, 11) is 0. The average Bonchev–Trinajstić information content (AvgIpc) is 3.91. The molecule has 14 nitrogen and oxygen atoms in total. The second-order valence-electron chi connectivity index (χ2n) is 15.7. The van der Waals surface area contributed by atoms with Crippen LogP contribution in [-0.4, -0.2) is 119 Å². The largest absolute Gasteiger partial charge is 0.444 e. The van der Waals surface area contributed by atoms with Crippen molar-refractivity contribution < 1.29 is 46.9 Å². The predicted octanol–water partition coefficient (Wildman–Crippen LogP) is 7.37. The zero-order valence-corrected chi connectivity index (χ0v) is 37.6. The Balaban J connectivity index is 0.000000181. The zero-order valence-electron chi connectivity index (χ0n) is 36.8. The molecule has 2 atom stereocenters. The summed E-state index contributed by atoms with van der Waals surface area (Å²) in [5.41, 5.74) is 4.19. The fourth-order valence-electron chi connectivity index (χ4n) is 7.58. The SMILES string of the molecule is CC[C@H]1CN(c2ccc(N3CCN(C(=O)COCc4ccccc4)CC3)c(F)c2)C(=O)O1.CC[C@H]1CN(c2ccc(N3CCNCC3)c(F)c2)C(=O)O1.O=C(Cl)COCc1ccccc1. The lowest BCUT2D eigenvalue weighted by Crippen LogP contribution is -2.50. The molecule has 4 aliphatic rings. The molecule has 0 aliphatic carbocycles. The second kappa shape index (κ2) is 24.5. The van der Waals surface area contributed by atoms with Gasteiger partial charge in [0.15, 0.2) is 0 Å². The number of cyclic esters (lactones) is 2. The number of ether oxygens (including phenoxy) is 4. The second-order valence-corrected chi connectivity index (χ2v) is 16.2. The number of carbonyl (C=O) groups excluding carboxylic acids is 4. The van der Waals surface area contributed by atoms with Gasteiger partial charge in [0.1, 0.15) is 37.1 Å². The van der Waals surface area contributed by atoms with Crippen molar-refractivity contribution in [1.82, 2.24) is 10.2 Å². The fourth-order valence-corrected chi connectivity index (χ4v) is 7.65. The highest BCUT2D eigenvalue weighted by Crippen LogP contribution is 2.30. The monoisotopic (exact) mass is 918 g/mol. The van der Waals surface area contributed by atoms with Gasteiger partial charge in [0, 0.05) is 52.4 Å². The highest BCUT2D eigenvalue weighted by Gasteiger charge is 2.33. The molecule has 348 valence electrons. The van der Waals surface area contributed by atoms with Gasteiger partial charge in [-0.3, -0.25) is 19.4 Å². The molecule has 65 heavy (non-hydrogen) atoms. The van der Waals surface area contributed by atoms with Gasteiger partial charge < -0.3 is 39.0 Å². The van der Waals surface area contributed by atoms with Crippen molar-refractivity contribution in [2.24, 2.45) is 0 Å². The van der Waals surface area contributed by atoms with Gasteiger partial charge in [-0.05, 0) is 72.0 Å². The Bertz CT molecular complexity index is 2180. The molecule has 0 bridgehead atoms. The first-order valence-corrected chi connectivity index (χ1v) is 22.4. The van der Waals surface area contributed by atoms with E-state index in [-0.39, 0.29) is 43.0 Å². The van der Waals surface area contributed by atoms with Gasteiger partial charge in [-0.2, -0.15) is 0 Å². The van der Waals surface area contributed by atoms with E-state index in [0.717, 1.165) is 50.1 Å². The quantitative estimate of drug-likeness (QED) is 0.127. The molecule has 0 unspecified atom stereocenters. The molecule has 0 radical (unpaired) electrons. The molecule has 17 heteroatoms. The number of nitrogens with one attached hydrogen (secondary N) is 1. The Hall–Kier alpha value is -5.81. The Morgan fingerprint density at radius 2 is 1.09 bits per heavy atom. The third kappa shape index (κ3) is 14.1. The van der Waals surface area contributed by atoms with Crippen LogP contribution in [0, 0.1) is 11.6 Å². The van der Waals surface area contributed by atoms with Crippen LogP contribution in [0.25, 0.3) is 0 Å². The summed E-state index contributed by atoms with van der Waals surface area (Å²) in [6, 6.07) is 29.1. The van der Waals surface area contributed by atoms with E-state index < -0.39 is 17.4 Å². The van der Waals surface area contributed by atoms with Crippen LogP contribution in [0.5, 0.6) is 0 Å². The first-order chi connectivity index (χ1) is 31.5. The molecule has 4 aromatic rings.